The molecule has 0 aromatic carbocycles. The van der Waals surface area contributed by atoms with Crippen LogP contribution in [-0.2, 0) is 11.8 Å². The van der Waals surface area contributed by atoms with Crippen LogP contribution in [0.15, 0.2) is 58.3 Å². The molecule has 6 heterocycles. The Morgan fingerprint density at radius 2 is 2.06 bits per heavy atom. The van der Waals surface area contributed by atoms with Crippen LogP contribution < -0.4 is 5.69 Å². The van der Waals surface area contributed by atoms with E-state index in [1.165, 1.54) is 0 Å². The molecular formula is C25H24N6O3. The molecule has 1 fully saturated rings. The lowest BCUT2D eigenvalue weighted by molar-refractivity contribution is -0.00710. The maximum atomic E-state index is 13.5. The van der Waals surface area contributed by atoms with Crippen molar-refractivity contribution in [3.05, 3.63) is 59.5 Å². The second kappa shape index (κ2) is 8.18. The molecule has 2 atom stereocenters. The zero-order chi connectivity index (χ0) is 23.2. The monoisotopic (exact) mass is 456 g/mol. The average Bonchev–Trinajstić information content (AvgIpc) is 3.47. The Balaban J connectivity index is 1.65. The highest BCUT2D eigenvalue weighted by Crippen LogP contribution is 2.37. The number of hydrogen-bond acceptors (Lipinski definition) is 7. The molecule has 5 aromatic heterocycles. The van der Waals surface area contributed by atoms with Crippen molar-refractivity contribution in [3.63, 3.8) is 0 Å². The van der Waals surface area contributed by atoms with Gasteiger partial charge in [0.2, 0.25) is 0 Å². The zero-order valence-corrected chi connectivity index (χ0v) is 19.0. The lowest BCUT2D eigenvalue weighted by atomic mass is 10.0. The van der Waals surface area contributed by atoms with Crippen molar-refractivity contribution in [1.82, 2.24) is 29.3 Å². The summed E-state index contributed by atoms with van der Waals surface area (Å²) in [7, 11) is 1.83. The van der Waals surface area contributed by atoms with Crippen molar-refractivity contribution >= 4 is 22.2 Å². The van der Waals surface area contributed by atoms with Gasteiger partial charge in [-0.25, -0.2) is 9.78 Å². The lowest BCUT2D eigenvalue weighted by Gasteiger charge is -2.30. The van der Waals surface area contributed by atoms with Crippen LogP contribution in [0.25, 0.3) is 44.7 Å². The molecule has 1 aliphatic heterocycles. The molecule has 6 rings (SSSR count). The Morgan fingerprint density at radius 1 is 1.15 bits per heavy atom. The van der Waals surface area contributed by atoms with Gasteiger partial charge in [-0.05, 0) is 43.5 Å². The van der Waals surface area contributed by atoms with E-state index in [1.807, 2.05) is 37.5 Å². The molecular weight excluding hydrogens is 432 g/mol. The Hall–Kier alpha value is -3.85. The van der Waals surface area contributed by atoms with E-state index in [1.54, 1.807) is 27.8 Å². The van der Waals surface area contributed by atoms with Gasteiger partial charge in [-0.3, -0.25) is 14.2 Å². The molecule has 1 aliphatic rings. The van der Waals surface area contributed by atoms with E-state index in [0.717, 1.165) is 36.1 Å². The third-order valence-electron chi connectivity index (χ3n) is 6.47. The number of rotatable bonds is 4. The van der Waals surface area contributed by atoms with Crippen molar-refractivity contribution in [1.29, 1.82) is 0 Å². The minimum absolute atomic E-state index is 0.0474. The van der Waals surface area contributed by atoms with Crippen LogP contribution in [0.3, 0.4) is 0 Å². The minimum Gasteiger partial charge on any atom is -0.450 e. The van der Waals surface area contributed by atoms with Crippen LogP contribution >= 0.6 is 0 Å². The summed E-state index contributed by atoms with van der Waals surface area (Å²) in [5.74, 6) is 0. The van der Waals surface area contributed by atoms with Crippen molar-refractivity contribution in [2.75, 3.05) is 6.61 Å². The van der Waals surface area contributed by atoms with E-state index >= 15 is 0 Å². The van der Waals surface area contributed by atoms with Crippen molar-refractivity contribution in [2.24, 2.45) is 7.05 Å². The number of aryl methyl sites for hydroxylation is 1. The third kappa shape index (κ3) is 3.40. The van der Waals surface area contributed by atoms with Crippen LogP contribution in [0.5, 0.6) is 0 Å². The Bertz CT molecular complexity index is 1550. The van der Waals surface area contributed by atoms with Crippen molar-refractivity contribution < 1.29 is 9.15 Å². The van der Waals surface area contributed by atoms with E-state index in [9.17, 15) is 4.79 Å². The molecule has 0 radical (unpaired) electrons. The van der Waals surface area contributed by atoms with Gasteiger partial charge >= 0.3 is 5.69 Å². The number of ether oxygens (including phenoxy) is 1. The molecule has 172 valence electrons. The van der Waals surface area contributed by atoms with Gasteiger partial charge in [0.15, 0.2) is 11.2 Å². The second-order valence-electron chi connectivity index (χ2n) is 8.66. The Morgan fingerprint density at radius 3 is 2.82 bits per heavy atom. The summed E-state index contributed by atoms with van der Waals surface area (Å²) in [4.78, 5) is 27.2. The molecule has 9 heteroatoms. The van der Waals surface area contributed by atoms with Crippen molar-refractivity contribution in [3.8, 4) is 22.5 Å². The topological polar surface area (TPSA) is 101 Å². The highest BCUT2D eigenvalue weighted by atomic mass is 16.5. The summed E-state index contributed by atoms with van der Waals surface area (Å²) >= 11 is 0. The van der Waals surface area contributed by atoms with Gasteiger partial charge in [0.25, 0.3) is 0 Å². The standard InChI is InChI=1S/C25H24N6O3/c1-3-18-11-17(8-10-33-18)31-23-22-20(7-6-19(28-22)15-5-4-9-26-12-15)34-24(23)21(29-25(31)32)16-13-27-30(2)14-16/h4-7,9,12-14,17-18H,3,8,10-11H2,1-2H3/t17-,18-/m0/s1. The number of hydrogen-bond donors (Lipinski definition) is 0. The van der Waals surface area contributed by atoms with E-state index in [0.29, 0.717) is 34.5 Å². The summed E-state index contributed by atoms with van der Waals surface area (Å²) in [6.07, 6.45) is 9.50. The molecule has 0 saturated carbocycles. The summed E-state index contributed by atoms with van der Waals surface area (Å²) in [5, 5.41) is 4.26. The smallest absolute Gasteiger partial charge is 0.349 e. The maximum Gasteiger partial charge on any atom is 0.349 e. The molecule has 0 amide bonds. The van der Waals surface area contributed by atoms with Crippen LogP contribution in [-0.4, -0.2) is 42.0 Å². The molecule has 5 aromatic rings. The number of nitrogens with zero attached hydrogens (tertiary/aromatic N) is 6. The lowest BCUT2D eigenvalue weighted by Crippen LogP contribution is -2.34. The first-order valence-corrected chi connectivity index (χ1v) is 11.5. The Labute approximate surface area is 195 Å². The summed E-state index contributed by atoms with van der Waals surface area (Å²) in [6, 6.07) is 7.59. The molecule has 0 bridgehead atoms. The summed E-state index contributed by atoms with van der Waals surface area (Å²) < 4.78 is 15.6. The largest absolute Gasteiger partial charge is 0.450 e. The minimum atomic E-state index is -0.315. The van der Waals surface area contributed by atoms with Crippen molar-refractivity contribution in [2.45, 2.75) is 38.3 Å². The highest BCUT2D eigenvalue weighted by molar-refractivity contribution is 6.05. The molecule has 34 heavy (non-hydrogen) atoms. The normalized spacial score (nSPS) is 18.6. The van der Waals surface area contributed by atoms with E-state index < -0.39 is 0 Å². The first kappa shape index (κ1) is 20.7. The first-order valence-electron chi connectivity index (χ1n) is 11.5. The van der Waals surface area contributed by atoms with Gasteiger partial charge in [0, 0.05) is 49.4 Å². The highest BCUT2D eigenvalue weighted by Gasteiger charge is 2.29. The fourth-order valence-corrected chi connectivity index (χ4v) is 4.78. The molecule has 0 unspecified atom stereocenters. The first-order chi connectivity index (χ1) is 16.6. The molecule has 9 nitrogen and oxygen atoms in total. The van der Waals surface area contributed by atoms with E-state index in [2.05, 4.69) is 22.0 Å². The van der Waals surface area contributed by atoms with Crippen LogP contribution in [0.4, 0.5) is 0 Å². The predicted octanol–water partition coefficient (Wildman–Crippen LogP) is 4.13. The third-order valence-corrected chi connectivity index (χ3v) is 6.47. The molecule has 0 spiro atoms. The van der Waals surface area contributed by atoms with Crippen LogP contribution in [0.2, 0.25) is 0 Å². The SMILES string of the molecule is CC[C@H]1C[C@@H](n2c(=O)nc(-c3cnn(C)c3)c3oc4ccc(-c5cccnc5)nc4c32)CCO1. The molecule has 0 aliphatic carbocycles. The fourth-order valence-electron chi connectivity index (χ4n) is 4.78. The Kier molecular flexibility index (Phi) is 4.99. The maximum absolute atomic E-state index is 13.5. The number of aromatic nitrogens is 6. The molecule has 0 N–H and O–H groups in total. The second-order valence-corrected chi connectivity index (χ2v) is 8.66. The molecule has 1 saturated heterocycles. The number of pyridine rings is 2. The van der Waals surface area contributed by atoms with Gasteiger partial charge in [0.1, 0.15) is 16.7 Å². The van der Waals surface area contributed by atoms with Gasteiger partial charge in [-0.2, -0.15) is 10.1 Å². The summed E-state index contributed by atoms with van der Waals surface area (Å²) in [5.41, 5.74) is 5.00. The fraction of sp³-hybridized carbons (Fsp3) is 0.320. The average molecular weight is 457 g/mol. The summed E-state index contributed by atoms with van der Waals surface area (Å²) in [6.45, 7) is 2.70. The van der Waals surface area contributed by atoms with E-state index in [4.69, 9.17) is 14.1 Å². The zero-order valence-electron chi connectivity index (χ0n) is 19.0. The van der Waals surface area contributed by atoms with Crippen LogP contribution in [0.1, 0.15) is 32.2 Å². The number of fused-ring (bicyclic) bond motifs is 3. The number of furan rings is 1. The quantitative estimate of drug-likeness (QED) is 0.401. The van der Waals surface area contributed by atoms with Gasteiger partial charge in [0.05, 0.1) is 18.0 Å². The van der Waals surface area contributed by atoms with E-state index in [-0.39, 0.29) is 17.8 Å². The van der Waals surface area contributed by atoms with Crippen LogP contribution in [0, 0.1) is 0 Å². The van der Waals surface area contributed by atoms with Gasteiger partial charge in [-0.1, -0.05) is 6.92 Å². The predicted molar refractivity (Wildman–Crippen MR) is 127 cm³/mol. The van der Waals surface area contributed by atoms with Gasteiger partial charge in [-0.15, -0.1) is 0 Å². The van der Waals surface area contributed by atoms with Gasteiger partial charge < -0.3 is 9.15 Å².